The van der Waals surface area contributed by atoms with E-state index in [4.69, 9.17) is 11.6 Å². The van der Waals surface area contributed by atoms with Gasteiger partial charge in [0, 0.05) is 32.5 Å². The van der Waals surface area contributed by atoms with E-state index in [0.717, 1.165) is 28.0 Å². The summed E-state index contributed by atoms with van der Waals surface area (Å²) in [5, 5.41) is 5.49. The average molecular weight is 367 g/mol. The Hall–Kier alpha value is -0.870. The normalized spacial score (nSPS) is 11.1. The molecule has 0 saturated heterocycles. The minimum absolute atomic E-state index is 0.791. The molecule has 102 valence electrons. The molecule has 1 N–H and O–H groups in total. The van der Waals surface area contributed by atoms with Crippen molar-refractivity contribution in [1.29, 1.82) is 0 Å². The van der Waals surface area contributed by atoms with Gasteiger partial charge in [-0.05, 0) is 17.7 Å². The summed E-state index contributed by atoms with van der Waals surface area (Å²) in [5.74, 6) is 0. The molecule has 3 aromatic rings. The third-order valence-electron chi connectivity index (χ3n) is 3.16. The zero-order chi connectivity index (χ0) is 13.9. The summed E-state index contributed by atoms with van der Waals surface area (Å²) < 4.78 is 2.38. The fourth-order valence-corrected chi connectivity index (χ4v) is 4.03. The van der Waals surface area contributed by atoms with E-state index in [9.17, 15) is 0 Å². The monoisotopic (exact) mass is 365 g/mol. The maximum Gasteiger partial charge on any atom is 0.0636 e. The van der Waals surface area contributed by atoms with Crippen LogP contribution in [0.5, 0.6) is 0 Å². The predicted molar refractivity (Wildman–Crippen MR) is 91.5 cm³/mol. The summed E-state index contributed by atoms with van der Waals surface area (Å²) in [5.41, 5.74) is 1.25. The van der Waals surface area contributed by atoms with Crippen LogP contribution in [-0.2, 0) is 13.1 Å². The number of rotatable bonds is 4. The van der Waals surface area contributed by atoms with Gasteiger partial charge >= 0.3 is 0 Å². The van der Waals surface area contributed by atoms with E-state index in [-0.39, 0.29) is 0 Å². The van der Waals surface area contributed by atoms with Gasteiger partial charge in [0.05, 0.1) is 5.02 Å². The average Bonchev–Trinajstić information content (AvgIpc) is 2.78. The van der Waals surface area contributed by atoms with Crippen molar-refractivity contribution in [3.05, 3.63) is 68.5 Å². The Labute approximate surface area is 135 Å². The van der Waals surface area contributed by atoms with Gasteiger partial charge in [-0.2, -0.15) is 0 Å². The van der Waals surface area contributed by atoms with Gasteiger partial charge in [0.25, 0.3) is 0 Å². The lowest BCUT2D eigenvalue weighted by molar-refractivity contribution is 0.699. The van der Waals surface area contributed by atoms with Crippen LogP contribution in [0.2, 0.25) is 5.02 Å². The molecule has 0 aliphatic heterocycles. The Morgan fingerprint density at radius 3 is 2.55 bits per heavy atom. The van der Waals surface area contributed by atoms with Crippen molar-refractivity contribution in [2.75, 3.05) is 0 Å². The van der Waals surface area contributed by atoms with E-state index in [1.165, 1.54) is 15.1 Å². The maximum absolute atomic E-state index is 6.43. The largest absolute Gasteiger partial charge is 0.308 e. The van der Waals surface area contributed by atoms with Crippen LogP contribution in [0, 0.1) is 0 Å². The fourth-order valence-electron chi connectivity index (χ4n) is 2.13. The van der Waals surface area contributed by atoms with Crippen LogP contribution in [0.15, 0.2) is 53.0 Å². The standard InChI is InChI=1S/C16H13BrClNS/c17-13-7-3-1-5-11(13)9-19-10-15-16(18)12-6-2-4-8-14(12)20-15/h1-8,19H,9-10H2. The van der Waals surface area contributed by atoms with Gasteiger partial charge in [0.1, 0.15) is 0 Å². The van der Waals surface area contributed by atoms with Crippen LogP contribution in [0.4, 0.5) is 0 Å². The second-order valence-electron chi connectivity index (χ2n) is 4.53. The second-order valence-corrected chi connectivity index (χ2v) is 6.90. The van der Waals surface area contributed by atoms with E-state index in [1.54, 1.807) is 11.3 Å². The predicted octanol–water partition coefficient (Wildman–Crippen LogP) is 5.61. The van der Waals surface area contributed by atoms with Crippen LogP contribution in [0.25, 0.3) is 10.1 Å². The summed E-state index contributed by atoms with van der Waals surface area (Å²) in [6.07, 6.45) is 0. The van der Waals surface area contributed by atoms with Crippen molar-refractivity contribution in [2.45, 2.75) is 13.1 Å². The first-order valence-electron chi connectivity index (χ1n) is 6.36. The minimum atomic E-state index is 0.791. The molecular weight excluding hydrogens is 354 g/mol. The molecule has 0 atom stereocenters. The molecule has 1 aromatic heterocycles. The second kappa shape index (κ2) is 6.27. The number of fused-ring (bicyclic) bond motifs is 1. The van der Waals surface area contributed by atoms with E-state index < -0.39 is 0 Å². The van der Waals surface area contributed by atoms with Crippen LogP contribution < -0.4 is 5.32 Å². The first-order valence-corrected chi connectivity index (χ1v) is 8.34. The summed E-state index contributed by atoms with van der Waals surface area (Å²) in [4.78, 5) is 1.19. The highest BCUT2D eigenvalue weighted by atomic mass is 79.9. The molecule has 20 heavy (non-hydrogen) atoms. The van der Waals surface area contributed by atoms with E-state index in [1.807, 2.05) is 24.3 Å². The van der Waals surface area contributed by atoms with Gasteiger partial charge in [0.2, 0.25) is 0 Å². The Morgan fingerprint density at radius 1 is 1.00 bits per heavy atom. The molecule has 0 aliphatic carbocycles. The number of thiophene rings is 1. The summed E-state index contributed by atoms with van der Waals surface area (Å²) >= 11 is 11.8. The van der Waals surface area contributed by atoms with E-state index >= 15 is 0 Å². The fraction of sp³-hybridized carbons (Fsp3) is 0.125. The van der Waals surface area contributed by atoms with Gasteiger partial charge in [0.15, 0.2) is 0 Å². The van der Waals surface area contributed by atoms with Crippen LogP contribution in [-0.4, -0.2) is 0 Å². The SMILES string of the molecule is Clc1c(CNCc2ccccc2Br)sc2ccccc12. The van der Waals surface area contributed by atoms with Gasteiger partial charge in [-0.25, -0.2) is 0 Å². The highest BCUT2D eigenvalue weighted by Crippen LogP contribution is 2.35. The Bertz CT molecular complexity index is 738. The van der Waals surface area contributed by atoms with Gasteiger partial charge < -0.3 is 5.32 Å². The van der Waals surface area contributed by atoms with Crippen molar-refractivity contribution < 1.29 is 0 Å². The number of hydrogen-bond donors (Lipinski definition) is 1. The van der Waals surface area contributed by atoms with Crippen LogP contribution in [0.1, 0.15) is 10.4 Å². The van der Waals surface area contributed by atoms with Gasteiger partial charge in [-0.15, -0.1) is 11.3 Å². The highest BCUT2D eigenvalue weighted by molar-refractivity contribution is 9.10. The van der Waals surface area contributed by atoms with Gasteiger partial charge in [-0.3, -0.25) is 0 Å². The summed E-state index contributed by atoms with van der Waals surface area (Å²) in [7, 11) is 0. The first kappa shape index (κ1) is 14.1. The summed E-state index contributed by atoms with van der Waals surface area (Å²) in [6.45, 7) is 1.62. The van der Waals surface area contributed by atoms with Crippen molar-refractivity contribution in [3.8, 4) is 0 Å². The molecule has 4 heteroatoms. The molecule has 2 aromatic carbocycles. The third kappa shape index (κ3) is 2.91. The molecule has 1 heterocycles. The zero-order valence-corrected chi connectivity index (χ0v) is 13.9. The molecule has 0 spiro atoms. The van der Waals surface area contributed by atoms with E-state index in [0.29, 0.717) is 0 Å². The topological polar surface area (TPSA) is 12.0 Å². The van der Waals surface area contributed by atoms with Crippen LogP contribution in [0.3, 0.4) is 0 Å². The lowest BCUT2D eigenvalue weighted by Gasteiger charge is -2.06. The molecule has 0 bridgehead atoms. The molecule has 0 amide bonds. The maximum atomic E-state index is 6.43. The van der Waals surface area contributed by atoms with Crippen molar-refractivity contribution in [1.82, 2.24) is 5.32 Å². The van der Waals surface area contributed by atoms with Gasteiger partial charge in [-0.1, -0.05) is 63.9 Å². The van der Waals surface area contributed by atoms with Crippen molar-refractivity contribution in [3.63, 3.8) is 0 Å². The molecule has 3 rings (SSSR count). The Morgan fingerprint density at radius 2 is 1.75 bits per heavy atom. The number of nitrogens with one attached hydrogen (secondary N) is 1. The molecule has 0 unspecified atom stereocenters. The van der Waals surface area contributed by atoms with Crippen molar-refractivity contribution >= 4 is 49.0 Å². The first-order chi connectivity index (χ1) is 9.75. The lowest BCUT2D eigenvalue weighted by Crippen LogP contribution is -2.12. The Balaban J connectivity index is 1.71. The molecule has 0 aliphatic rings. The quantitative estimate of drug-likeness (QED) is 0.633. The molecule has 0 radical (unpaired) electrons. The number of benzene rings is 2. The van der Waals surface area contributed by atoms with Crippen molar-refractivity contribution in [2.24, 2.45) is 0 Å². The van der Waals surface area contributed by atoms with E-state index in [2.05, 4.69) is 45.5 Å². The highest BCUT2D eigenvalue weighted by Gasteiger charge is 2.09. The smallest absolute Gasteiger partial charge is 0.0636 e. The minimum Gasteiger partial charge on any atom is -0.308 e. The third-order valence-corrected chi connectivity index (χ3v) is 5.65. The number of hydrogen-bond acceptors (Lipinski definition) is 2. The molecule has 0 fully saturated rings. The molecular formula is C16H13BrClNS. The summed E-state index contributed by atoms with van der Waals surface area (Å²) in [6, 6.07) is 16.5. The molecule has 0 saturated carbocycles. The van der Waals surface area contributed by atoms with Crippen LogP contribution >= 0.6 is 38.9 Å². The zero-order valence-electron chi connectivity index (χ0n) is 10.7. The Kier molecular flexibility index (Phi) is 4.41. The lowest BCUT2D eigenvalue weighted by atomic mass is 10.2. The number of halogens is 2. The molecule has 1 nitrogen and oxygen atoms in total.